The molecule has 0 heterocycles. The van der Waals surface area contributed by atoms with Crippen molar-refractivity contribution in [1.29, 1.82) is 0 Å². The molecule has 0 saturated carbocycles. The highest BCUT2D eigenvalue weighted by Gasteiger charge is 2.08. The highest BCUT2D eigenvalue weighted by molar-refractivity contribution is 5.19. The molecule has 1 unspecified atom stereocenters. The first-order valence-electron chi connectivity index (χ1n) is 6.14. The van der Waals surface area contributed by atoms with Crippen molar-refractivity contribution in [2.45, 2.75) is 39.0 Å². The van der Waals surface area contributed by atoms with E-state index in [1.807, 2.05) is 0 Å². The lowest BCUT2D eigenvalue weighted by Crippen LogP contribution is -2.22. The fraction of sp³-hybridized carbons (Fsp3) is 0.571. The molecule has 1 heteroatoms. The predicted molar refractivity (Wildman–Crippen MR) is 67.3 cm³/mol. The SMILES string of the molecule is CCCNCC(CCC)c1ccccc1. The Hall–Kier alpha value is -0.820. The molecule has 0 bridgehead atoms. The number of rotatable bonds is 7. The van der Waals surface area contributed by atoms with Crippen LogP contribution in [0.1, 0.15) is 44.6 Å². The Morgan fingerprint density at radius 1 is 1.07 bits per heavy atom. The Kier molecular flexibility index (Phi) is 6.10. The predicted octanol–water partition coefficient (Wildman–Crippen LogP) is 3.57. The van der Waals surface area contributed by atoms with Gasteiger partial charge in [-0.3, -0.25) is 0 Å². The lowest BCUT2D eigenvalue weighted by molar-refractivity contribution is 0.543. The van der Waals surface area contributed by atoms with Gasteiger partial charge >= 0.3 is 0 Å². The highest BCUT2D eigenvalue weighted by Crippen LogP contribution is 2.19. The summed E-state index contributed by atoms with van der Waals surface area (Å²) in [6.45, 7) is 6.72. The molecule has 0 aliphatic rings. The van der Waals surface area contributed by atoms with Gasteiger partial charge in [-0.05, 0) is 30.9 Å². The molecule has 1 rings (SSSR count). The Balaban J connectivity index is 2.50. The Bertz CT molecular complexity index is 243. The minimum atomic E-state index is 0.683. The van der Waals surface area contributed by atoms with Gasteiger partial charge in [0, 0.05) is 6.54 Å². The summed E-state index contributed by atoms with van der Waals surface area (Å²) in [5, 5.41) is 3.52. The van der Waals surface area contributed by atoms with Crippen molar-refractivity contribution < 1.29 is 0 Å². The molecule has 0 fully saturated rings. The van der Waals surface area contributed by atoms with Gasteiger partial charge < -0.3 is 5.32 Å². The summed E-state index contributed by atoms with van der Waals surface area (Å²) in [7, 11) is 0. The molecule has 84 valence electrons. The fourth-order valence-electron chi connectivity index (χ4n) is 1.91. The van der Waals surface area contributed by atoms with E-state index in [9.17, 15) is 0 Å². The molecule has 0 saturated heterocycles. The Labute approximate surface area is 93.9 Å². The first-order valence-corrected chi connectivity index (χ1v) is 6.14. The van der Waals surface area contributed by atoms with Crippen molar-refractivity contribution in [2.75, 3.05) is 13.1 Å². The molecule has 1 atom stereocenters. The summed E-state index contributed by atoms with van der Waals surface area (Å²) >= 11 is 0. The second-order valence-electron chi connectivity index (χ2n) is 4.10. The molecular formula is C14H23N. The third kappa shape index (κ3) is 4.48. The van der Waals surface area contributed by atoms with Crippen LogP contribution in [0.2, 0.25) is 0 Å². The minimum Gasteiger partial charge on any atom is -0.316 e. The van der Waals surface area contributed by atoms with Crippen LogP contribution in [0.25, 0.3) is 0 Å². The van der Waals surface area contributed by atoms with E-state index >= 15 is 0 Å². The van der Waals surface area contributed by atoms with Crippen LogP contribution < -0.4 is 5.32 Å². The molecule has 1 aromatic carbocycles. The van der Waals surface area contributed by atoms with E-state index in [0.29, 0.717) is 5.92 Å². The zero-order chi connectivity index (χ0) is 10.9. The lowest BCUT2D eigenvalue weighted by Gasteiger charge is -2.17. The zero-order valence-electron chi connectivity index (χ0n) is 10.00. The standard InChI is InChI=1S/C14H23N/c1-3-8-14(12-15-11-4-2)13-9-6-5-7-10-13/h5-7,9-10,14-15H,3-4,8,11-12H2,1-2H3. The summed E-state index contributed by atoms with van der Waals surface area (Å²) in [4.78, 5) is 0. The second-order valence-corrected chi connectivity index (χ2v) is 4.10. The smallest absolute Gasteiger partial charge is 0.00201 e. The maximum Gasteiger partial charge on any atom is 0.00201 e. The highest BCUT2D eigenvalue weighted by atomic mass is 14.8. The molecule has 0 aliphatic heterocycles. The first kappa shape index (κ1) is 12.3. The van der Waals surface area contributed by atoms with Crippen LogP contribution in [0.3, 0.4) is 0 Å². The summed E-state index contributed by atoms with van der Waals surface area (Å²) in [5.41, 5.74) is 1.47. The number of hydrogen-bond donors (Lipinski definition) is 1. The Morgan fingerprint density at radius 2 is 1.80 bits per heavy atom. The van der Waals surface area contributed by atoms with E-state index < -0.39 is 0 Å². The van der Waals surface area contributed by atoms with E-state index in [0.717, 1.165) is 13.1 Å². The molecule has 0 spiro atoms. The fourth-order valence-corrected chi connectivity index (χ4v) is 1.91. The molecule has 0 amide bonds. The normalized spacial score (nSPS) is 12.7. The average Bonchev–Trinajstić information content (AvgIpc) is 2.29. The summed E-state index contributed by atoms with van der Waals surface area (Å²) in [6.07, 6.45) is 3.75. The largest absolute Gasteiger partial charge is 0.316 e. The van der Waals surface area contributed by atoms with Gasteiger partial charge in [0.1, 0.15) is 0 Å². The van der Waals surface area contributed by atoms with Gasteiger partial charge in [0.15, 0.2) is 0 Å². The van der Waals surface area contributed by atoms with Crippen molar-refractivity contribution in [1.82, 2.24) is 5.32 Å². The maximum absolute atomic E-state index is 3.52. The molecule has 0 aromatic heterocycles. The van der Waals surface area contributed by atoms with E-state index in [1.165, 1.54) is 24.8 Å². The van der Waals surface area contributed by atoms with Gasteiger partial charge in [-0.15, -0.1) is 0 Å². The van der Waals surface area contributed by atoms with Crippen LogP contribution in [0, 0.1) is 0 Å². The van der Waals surface area contributed by atoms with E-state index in [2.05, 4.69) is 49.5 Å². The first-order chi connectivity index (χ1) is 7.38. The molecular weight excluding hydrogens is 182 g/mol. The van der Waals surface area contributed by atoms with Gasteiger partial charge in [-0.2, -0.15) is 0 Å². The molecule has 1 nitrogen and oxygen atoms in total. The number of nitrogens with one attached hydrogen (secondary N) is 1. The quantitative estimate of drug-likeness (QED) is 0.671. The minimum absolute atomic E-state index is 0.683. The molecule has 0 aliphatic carbocycles. The van der Waals surface area contributed by atoms with Gasteiger partial charge in [-0.1, -0.05) is 50.6 Å². The van der Waals surface area contributed by atoms with Crippen LogP contribution in [-0.2, 0) is 0 Å². The summed E-state index contributed by atoms with van der Waals surface area (Å²) in [5.74, 6) is 0.683. The zero-order valence-corrected chi connectivity index (χ0v) is 10.00. The van der Waals surface area contributed by atoms with Crippen LogP contribution in [0.5, 0.6) is 0 Å². The number of hydrogen-bond acceptors (Lipinski definition) is 1. The topological polar surface area (TPSA) is 12.0 Å². The summed E-state index contributed by atoms with van der Waals surface area (Å²) < 4.78 is 0. The van der Waals surface area contributed by atoms with Crippen molar-refractivity contribution >= 4 is 0 Å². The van der Waals surface area contributed by atoms with Gasteiger partial charge in [-0.25, -0.2) is 0 Å². The molecule has 15 heavy (non-hydrogen) atoms. The monoisotopic (exact) mass is 205 g/mol. The van der Waals surface area contributed by atoms with Crippen LogP contribution in [0.15, 0.2) is 30.3 Å². The van der Waals surface area contributed by atoms with Gasteiger partial charge in [0.2, 0.25) is 0 Å². The van der Waals surface area contributed by atoms with Crippen molar-refractivity contribution in [2.24, 2.45) is 0 Å². The molecule has 0 radical (unpaired) electrons. The number of benzene rings is 1. The van der Waals surface area contributed by atoms with Crippen LogP contribution in [0.4, 0.5) is 0 Å². The Morgan fingerprint density at radius 3 is 2.40 bits per heavy atom. The summed E-state index contributed by atoms with van der Waals surface area (Å²) in [6, 6.07) is 10.9. The van der Waals surface area contributed by atoms with Crippen LogP contribution >= 0.6 is 0 Å². The van der Waals surface area contributed by atoms with Crippen molar-refractivity contribution in [3.8, 4) is 0 Å². The van der Waals surface area contributed by atoms with Gasteiger partial charge in [0.25, 0.3) is 0 Å². The van der Waals surface area contributed by atoms with Crippen LogP contribution in [-0.4, -0.2) is 13.1 Å². The van der Waals surface area contributed by atoms with E-state index in [-0.39, 0.29) is 0 Å². The third-order valence-electron chi connectivity index (χ3n) is 2.73. The lowest BCUT2D eigenvalue weighted by atomic mass is 9.94. The van der Waals surface area contributed by atoms with E-state index in [1.54, 1.807) is 0 Å². The second kappa shape index (κ2) is 7.47. The third-order valence-corrected chi connectivity index (χ3v) is 2.73. The van der Waals surface area contributed by atoms with Crippen molar-refractivity contribution in [3.63, 3.8) is 0 Å². The maximum atomic E-state index is 3.52. The van der Waals surface area contributed by atoms with Gasteiger partial charge in [0.05, 0.1) is 0 Å². The van der Waals surface area contributed by atoms with E-state index in [4.69, 9.17) is 0 Å². The molecule has 1 N–H and O–H groups in total. The van der Waals surface area contributed by atoms with Crippen molar-refractivity contribution in [3.05, 3.63) is 35.9 Å². The molecule has 1 aromatic rings. The average molecular weight is 205 g/mol.